The van der Waals surface area contributed by atoms with Gasteiger partial charge in [-0.25, -0.2) is 4.57 Å². The third kappa shape index (κ3) is 6.10. The second-order valence-electron chi connectivity index (χ2n) is 13.9. The molecule has 35 heavy (non-hydrogen) atoms. The first-order valence-electron chi connectivity index (χ1n) is 12.3. The zero-order valence-electron chi connectivity index (χ0n) is 23.5. The average Bonchev–Trinajstić information content (AvgIpc) is 2.65. The smallest absolute Gasteiger partial charge is 0.394 e. The molecule has 0 aromatic heterocycles. The van der Waals surface area contributed by atoms with Gasteiger partial charge in [0.1, 0.15) is 34.5 Å². The molecule has 6 heteroatoms. The van der Waals surface area contributed by atoms with Gasteiger partial charge in [0.2, 0.25) is 0 Å². The van der Waals surface area contributed by atoms with Gasteiger partial charge >= 0.3 is 7.82 Å². The lowest BCUT2D eigenvalue weighted by molar-refractivity contribution is 0.313. The Morgan fingerprint density at radius 1 is 0.657 bits per heavy atom. The van der Waals surface area contributed by atoms with Gasteiger partial charge in [0.25, 0.3) is 0 Å². The Hall–Kier alpha value is -1.04. The minimum absolute atomic E-state index is 0.0516. The van der Waals surface area contributed by atoms with E-state index in [1.807, 2.05) is 0 Å². The van der Waals surface area contributed by atoms with Crippen LogP contribution in [0.15, 0.2) is 24.3 Å². The highest BCUT2D eigenvalue weighted by atomic mass is 127. The van der Waals surface area contributed by atoms with E-state index < -0.39 is 7.82 Å². The van der Waals surface area contributed by atoms with E-state index >= 15 is 0 Å². The van der Waals surface area contributed by atoms with Crippen LogP contribution >= 0.6 is 30.8 Å². The molecule has 4 nitrogen and oxygen atoms in total. The van der Waals surface area contributed by atoms with Crippen molar-refractivity contribution in [2.45, 2.75) is 111 Å². The molecular weight excluding hydrogens is 570 g/mol. The number of hydrogen-bond donors (Lipinski definition) is 0. The zero-order valence-corrected chi connectivity index (χ0v) is 26.5. The van der Waals surface area contributed by atoms with Crippen molar-refractivity contribution in [3.63, 3.8) is 0 Å². The maximum Gasteiger partial charge on any atom is 0.597 e. The Balaban J connectivity index is 2.46. The summed E-state index contributed by atoms with van der Waals surface area (Å²) in [7, 11) is -3.95. The molecule has 0 N–H and O–H groups in total. The van der Waals surface area contributed by atoms with Crippen LogP contribution in [0.2, 0.25) is 0 Å². The van der Waals surface area contributed by atoms with Crippen LogP contribution in [0.4, 0.5) is 0 Å². The van der Waals surface area contributed by atoms with E-state index in [-0.39, 0.29) is 21.7 Å². The van der Waals surface area contributed by atoms with Gasteiger partial charge in [-0.2, -0.15) is 2.85 Å². The van der Waals surface area contributed by atoms with E-state index in [1.54, 1.807) is 23.0 Å². The standard InChI is InChI=1S/C29H42IO4P/c1-26(2,3)20-14-18-13-19-15-21(27(4,5)6)17-23(29(10,11)12)25(19)33-35(31,34-30)32-24(18)22(16-20)28(7,8)9/h14-17H,13H2,1-12H3. The van der Waals surface area contributed by atoms with Crippen molar-refractivity contribution in [1.29, 1.82) is 0 Å². The summed E-state index contributed by atoms with van der Waals surface area (Å²) in [5.41, 5.74) is 5.90. The number of phosphoric acid groups is 1. The first-order chi connectivity index (χ1) is 15.7. The summed E-state index contributed by atoms with van der Waals surface area (Å²) in [6.45, 7) is 26.2. The number of hydrogen-bond acceptors (Lipinski definition) is 4. The lowest BCUT2D eigenvalue weighted by Crippen LogP contribution is -2.22. The third-order valence-electron chi connectivity index (χ3n) is 6.55. The van der Waals surface area contributed by atoms with Crippen molar-refractivity contribution in [1.82, 2.24) is 0 Å². The predicted molar refractivity (Wildman–Crippen MR) is 154 cm³/mol. The molecule has 1 aliphatic rings. The van der Waals surface area contributed by atoms with Crippen molar-refractivity contribution in [2.24, 2.45) is 0 Å². The van der Waals surface area contributed by atoms with Crippen LogP contribution in [0.3, 0.4) is 0 Å². The molecule has 0 fully saturated rings. The second kappa shape index (κ2) is 9.06. The Morgan fingerprint density at radius 3 is 1.26 bits per heavy atom. The Bertz CT molecular complexity index is 1080. The second-order valence-corrected chi connectivity index (χ2v) is 16.5. The van der Waals surface area contributed by atoms with Crippen LogP contribution in [-0.2, 0) is 35.5 Å². The van der Waals surface area contributed by atoms with Crippen molar-refractivity contribution in [3.05, 3.63) is 57.6 Å². The van der Waals surface area contributed by atoms with Gasteiger partial charge < -0.3 is 9.05 Å². The van der Waals surface area contributed by atoms with Crippen molar-refractivity contribution < 1.29 is 16.5 Å². The fraction of sp³-hybridized carbons (Fsp3) is 0.586. The van der Waals surface area contributed by atoms with Crippen molar-refractivity contribution in [3.8, 4) is 11.5 Å². The van der Waals surface area contributed by atoms with Crippen molar-refractivity contribution >= 4 is 30.8 Å². The number of fused-ring (bicyclic) bond motifs is 2. The predicted octanol–water partition coefficient (Wildman–Crippen LogP) is 9.71. The van der Waals surface area contributed by atoms with E-state index in [0.29, 0.717) is 17.9 Å². The van der Waals surface area contributed by atoms with E-state index in [4.69, 9.17) is 11.9 Å². The Labute approximate surface area is 226 Å². The molecule has 0 atom stereocenters. The van der Waals surface area contributed by atoms with Gasteiger partial charge in [-0.1, -0.05) is 107 Å². The normalized spacial score (nSPS) is 16.4. The molecule has 0 amide bonds. The molecule has 0 spiro atoms. The number of phosphoric ester groups is 1. The molecule has 3 rings (SSSR count). The number of benzene rings is 2. The topological polar surface area (TPSA) is 44.8 Å². The van der Waals surface area contributed by atoms with Crippen LogP contribution in [0.1, 0.15) is 116 Å². The van der Waals surface area contributed by atoms with Crippen LogP contribution in [0, 0.1) is 0 Å². The summed E-state index contributed by atoms with van der Waals surface area (Å²) in [4.78, 5) is 0. The highest BCUT2D eigenvalue weighted by molar-refractivity contribution is 14.1. The van der Waals surface area contributed by atoms with Crippen LogP contribution in [0.25, 0.3) is 0 Å². The summed E-state index contributed by atoms with van der Waals surface area (Å²) >= 11 is 1.64. The molecular formula is C29H42IO4P. The quantitative estimate of drug-likeness (QED) is 0.238. The molecule has 0 unspecified atom stereocenters. The summed E-state index contributed by atoms with van der Waals surface area (Å²) in [6.07, 6.45) is 0.617. The largest absolute Gasteiger partial charge is 0.597 e. The molecule has 0 radical (unpaired) electrons. The molecule has 0 aliphatic carbocycles. The minimum atomic E-state index is -3.95. The molecule has 0 saturated heterocycles. The first kappa shape index (κ1) is 28.5. The van der Waals surface area contributed by atoms with Gasteiger partial charge in [0.05, 0.1) is 0 Å². The monoisotopic (exact) mass is 612 g/mol. The van der Waals surface area contributed by atoms with E-state index in [9.17, 15) is 4.57 Å². The van der Waals surface area contributed by atoms with Crippen molar-refractivity contribution in [2.75, 3.05) is 0 Å². The average molecular weight is 613 g/mol. The van der Waals surface area contributed by atoms with Gasteiger partial charge in [-0.3, -0.25) is 0 Å². The maximum atomic E-state index is 13.9. The summed E-state index contributed by atoms with van der Waals surface area (Å²) < 4.78 is 31.8. The first-order valence-corrected chi connectivity index (χ1v) is 14.7. The molecule has 194 valence electrons. The van der Waals surface area contributed by atoms with Gasteiger partial charge in [0.15, 0.2) is 0 Å². The molecule has 1 aliphatic heterocycles. The maximum absolute atomic E-state index is 13.9. The molecule has 2 aromatic rings. The van der Waals surface area contributed by atoms with E-state index in [1.165, 1.54) is 11.1 Å². The highest BCUT2D eigenvalue weighted by Crippen LogP contribution is 2.58. The molecule has 2 aromatic carbocycles. The Morgan fingerprint density at radius 2 is 1.00 bits per heavy atom. The molecule has 1 heterocycles. The van der Waals surface area contributed by atoms with Crippen LogP contribution in [0.5, 0.6) is 11.5 Å². The van der Waals surface area contributed by atoms with Gasteiger partial charge in [0, 0.05) is 17.5 Å². The van der Waals surface area contributed by atoms with Crippen LogP contribution < -0.4 is 9.05 Å². The van der Waals surface area contributed by atoms with Crippen LogP contribution in [-0.4, -0.2) is 0 Å². The fourth-order valence-corrected chi connectivity index (χ4v) is 5.77. The number of rotatable bonds is 1. The van der Waals surface area contributed by atoms with E-state index in [2.05, 4.69) is 107 Å². The fourth-order valence-electron chi connectivity index (χ4n) is 4.31. The third-order valence-corrected chi connectivity index (χ3v) is 8.98. The summed E-state index contributed by atoms with van der Waals surface area (Å²) in [5.74, 6) is 1.21. The minimum Gasteiger partial charge on any atom is -0.394 e. The summed E-state index contributed by atoms with van der Waals surface area (Å²) in [6, 6.07) is 8.78. The highest BCUT2D eigenvalue weighted by Gasteiger charge is 2.40. The lowest BCUT2D eigenvalue weighted by Gasteiger charge is -2.34. The van der Waals surface area contributed by atoms with Gasteiger partial charge in [-0.05, 0) is 43.9 Å². The SMILES string of the molecule is CC(C)(C)c1cc2c(c(C(C)(C)C)c1)OP(=O)(OI)Oc1c(cc(C(C)(C)C)cc1C(C)(C)C)C2. The number of halogens is 1. The molecule has 0 bridgehead atoms. The Kier molecular flexibility index (Phi) is 7.38. The van der Waals surface area contributed by atoms with E-state index in [0.717, 1.165) is 22.3 Å². The summed E-state index contributed by atoms with van der Waals surface area (Å²) in [5, 5.41) is 0. The molecule has 0 saturated carbocycles. The lowest BCUT2D eigenvalue weighted by atomic mass is 9.76. The van der Waals surface area contributed by atoms with Gasteiger partial charge in [-0.15, -0.1) is 0 Å². The zero-order chi connectivity index (χ0) is 26.8.